The van der Waals surface area contributed by atoms with Crippen molar-refractivity contribution in [3.05, 3.63) is 111 Å². The quantitative estimate of drug-likeness (QED) is 0.172. The Hall–Kier alpha value is -5.29. The molecule has 2 aromatic carbocycles. The molecule has 51 heavy (non-hydrogen) atoms. The summed E-state index contributed by atoms with van der Waals surface area (Å²) in [6.07, 6.45) is 6.14. The van der Waals surface area contributed by atoms with Gasteiger partial charge in [0.15, 0.2) is 5.82 Å². The van der Waals surface area contributed by atoms with Crippen molar-refractivity contribution >= 4 is 23.2 Å². The Labute approximate surface area is 299 Å². The van der Waals surface area contributed by atoms with Gasteiger partial charge in [-0.15, -0.1) is 21.5 Å². The molecule has 2 unspecified atom stereocenters. The monoisotopic (exact) mass is 703 g/mol. The summed E-state index contributed by atoms with van der Waals surface area (Å²) in [4.78, 5) is 28.2. The van der Waals surface area contributed by atoms with Crippen molar-refractivity contribution in [2.75, 3.05) is 6.61 Å². The van der Waals surface area contributed by atoms with Gasteiger partial charge in [0, 0.05) is 29.4 Å². The van der Waals surface area contributed by atoms with E-state index in [1.165, 1.54) is 11.1 Å². The summed E-state index contributed by atoms with van der Waals surface area (Å²) in [7, 11) is 0. The topological polar surface area (TPSA) is 137 Å². The second-order valence-corrected chi connectivity index (χ2v) is 14.0. The molecule has 12 nitrogen and oxygen atoms in total. The van der Waals surface area contributed by atoms with E-state index in [4.69, 9.17) is 9.47 Å². The van der Waals surface area contributed by atoms with Crippen LogP contribution in [0.3, 0.4) is 0 Å². The Balaban J connectivity index is 0.903. The molecule has 0 saturated carbocycles. The lowest BCUT2D eigenvalue weighted by Crippen LogP contribution is -2.54. The van der Waals surface area contributed by atoms with Crippen LogP contribution in [0.1, 0.15) is 80.4 Å². The minimum Gasteiger partial charge on any atom is -0.493 e. The fraction of sp³-hybridized carbons (Fsp3) is 0.342. The molecule has 0 aliphatic carbocycles. The van der Waals surface area contributed by atoms with Gasteiger partial charge in [-0.3, -0.25) is 18.8 Å². The number of amides is 2. The van der Waals surface area contributed by atoms with Crippen molar-refractivity contribution in [1.29, 1.82) is 0 Å². The lowest BCUT2D eigenvalue weighted by Gasteiger charge is -2.32. The van der Waals surface area contributed by atoms with Crippen LogP contribution in [-0.4, -0.2) is 65.2 Å². The third-order valence-corrected chi connectivity index (χ3v) is 10.7. The number of thiophene rings is 1. The number of aliphatic hydroxyl groups excluding tert-OH is 1. The van der Waals surface area contributed by atoms with E-state index in [0.29, 0.717) is 57.1 Å². The number of carbonyl (C=O) groups is 2. The first-order chi connectivity index (χ1) is 24.9. The first kappa shape index (κ1) is 32.9. The van der Waals surface area contributed by atoms with E-state index in [-0.39, 0.29) is 11.8 Å². The van der Waals surface area contributed by atoms with E-state index in [2.05, 4.69) is 61.3 Å². The number of rotatable bonds is 9. The molecule has 260 valence electrons. The smallest absolute Gasteiger partial charge is 0.255 e. The highest BCUT2D eigenvalue weighted by Crippen LogP contribution is 2.37. The van der Waals surface area contributed by atoms with E-state index in [1.807, 2.05) is 36.0 Å². The first-order valence-corrected chi connectivity index (χ1v) is 18.0. The molecular weight excluding hydrogens is 667 g/mol. The molecular formula is C38H37N7O5S. The molecule has 13 heteroatoms. The number of hydrogen-bond acceptors (Lipinski definition) is 9. The number of piperidine rings is 1. The van der Waals surface area contributed by atoms with Gasteiger partial charge in [0.05, 0.1) is 36.4 Å². The number of ether oxygens (including phenoxy) is 2. The maximum absolute atomic E-state index is 13.1. The number of fused-ring (bicyclic) bond motifs is 4. The van der Waals surface area contributed by atoms with Gasteiger partial charge in [-0.1, -0.05) is 48.2 Å². The van der Waals surface area contributed by atoms with Gasteiger partial charge in [0.1, 0.15) is 35.5 Å². The van der Waals surface area contributed by atoms with E-state index < -0.39 is 12.3 Å². The van der Waals surface area contributed by atoms with Crippen molar-refractivity contribution in [3.8, 4) is 22.6 Å². The zero-order chi connectivity index (χ0) is 34.9. The van der Waals surface area contributed by atoms with Gasteiger partial charge in [-0.25, -0.2) is 0 Å². The van der Waals surface area contributed by atoms with Crippen LogP contribution in [0.25, 0.3) is 5.00 Å². The third-order valence-electron chi connectivity index (χ3n) is 9.54. The molecule has 5 aromatic rings. The second-order valence-electron chi connectivity index (χ2n) is 13.0. The number of nitrogens with zero attached hydrogens (tertiary/aromatic N) is 6. The van der Waals surface area contributed by atoms with E-state index in [9.17, 15) is 14.7 Å². The van der Waals surface area contributed by atoms with Crippen molar-refractivity contribution in [3.63, 3.8) is 0 Å². The minimum atomic E-state index is -0.861. The van der Waals surface area contributed by atoms with E-state index >= 15 is 0 Å². The van der Waals surface area contributed by atoms with Gasteiger partial charge in [-0.05, 0) is 62.3 Å². The maximum atomic E-state index is 13.1. The molecule has 3 aromatic heterocycles. The second kappa shape index (κ2) is 14.1. The molecule has 2 N–H and O–H groups in total. The highest BCUT2D eigenvalue weighted by atomic mass is 32.1. The molecule has 6 heterocycles. The first-order valence-electron chi connectivity index (χ1n) is 17.2. The van der Waals surface area contributed by atoms with Gasteiger partial charge in [-0.2, -0.15) is 5.10 Å². The van der Waals surface area contributed by atoms with Gasteiger partial charge >= 0.3 is 0 Å². The number of nitrogens with one attached hydrogen (secondary N) is 1. The van der Waals surface area contributed by atoms with Gasteiger partial charge in [0.25, 0.3) is 5.91 Å². The number of carbonyl (C=O) groups excluding carboxylic acids is 2. The Kier molecular flexibility index (Phi) is 9.12. The Morgan fingerprint density at radius 3 is 2.78 bits per heavy atom. The molecule has 0 bridgehead atoms. The third kappa shape index (κ3) is 6.65. The molecule has 3 aliphatic rings. The Morgan fingerprint density at radius 2 is 1.92 bits per heavy atom. The molecule has 2 amide bonds. The fourth-order valence-corrected chi connectivity index (χ4v) is 8.19. The minimum absolute atomic E-state index is 0.181. The number of aliphatic hydroxyl groups is 1. The molecule has 1 fully saturated rings. The number of aryl methyl sites for hydroxylation is 2. The van der Waals surface area contributed by atoms with Crippen LogP contribution in [-0.2, 0) is 42.3 Å². The summed E-state index contributed by atoms with van der Waals surface area (Å²) in [5, 5.41) is 26.5. The van der Waals surface area contributed by atoms with Crippen LogP contribution in [0.5, 0.6) is 5.75 Å². The van der Waals surface area contributed by atoms with Crippen molar-refractivity contribution < 1.29 is 24.2 Å². The molecule has 0 spiro atoms. The molecule has 2 atom stereocenters. The highest BCUT2D eigenvalue weighted by Gasteiger charge is 2.40. The molecule has 0 radical (unpaired) electrons. The lowest BCUT2D eigenvalue weighted by molar-refractivity contribution is -0.132. The molecule has 8 rings (SSSR count). The normalized spacial score (nSPS) is 18.0. The fourth-order valence-electron chi connectivity index (χ4n) is 6.94. The SMILES string of the molecule is Cc1nnc2n1-c1sc(C#Cc3cnn(CCCCOc4cccc5c4CN(C4CCC(O)NC4=O)C5=O)c3)c(Cc3ccccc3)c1COC2. The van der Waals surface area contributed by atoms with Crippen LogP contribution in [0, 0.1) is 18.8 Å². The zero-order valence-electron chi connectivity index (χ0n) is 28.2. The van der Waals surface area contributed by atoms with Crippen molar-refractivity contribution in [2.45, 2.75) is 77.6 Å². The summed E-state index contributed by atoms with van der Waals surface area (Å²) in [6.45, 7) is 4.39. The average molecular weight is 704 g/mol. The van der Waals surface area contributed by atoms with E-state index in [0.717, 1.165) is 57.5 Å². The summed E-state index contributed by atoms with van der Waals surface area (Å²) in [5.74, 6) is 8.59. The summed E-state index contributed by atoms with van der Waals surface area (Å²) in [6, 6.07) is 15.3. The Bertz CT molecular complexity index is 2160. The number of aromatic nitrogens is 5. The van der Waals surface area contributed by atoms with Crippen LogP contribution in [0.15, 0.2) is 60.9 Å². The number of benzene rings is 2. The summed E-state index contributed by atoms with van der Waals surface area (Å²) in [5.41, 5.74) is 5.72. The van der Waals surface area contributed by atoms with Gasteiger partial charge < -0.3 is 24.8 Å². The highest BCUT2D eigenvalue weighted by molar-refractivity contribution is 7.15. The largest absolute Gasteiger partial charge is 0.493 e. The van der Waals surface area contributed by atoms with Crippen LogP contribution >= 0.6 is 11.3 Å². The molecule has 1 saturated heterocycles. The van der Waals surface area contributed by atoms with Crippen molar-refractivity contribution in [1.82, 2.24) is 34.8 Å². The molecule has 3 aliphatic heterocycles. The number of hydrogen-bond donors (Lipinski definition) is 2. The predicted octanol–water partition coefficient (Wildman–Crippen LogP) is 4.27. The van der Waals surface area contributed by atoms with Crippen LogP contribution in [0.2, 0.25) is 0 Å². The predicted molar refractivity (Wildman–Crippen MR) is 188 cm³/mol. The van der Waals surface area contributed by atoms with Crippen LogP contribution in [0.4, 0.5) is 0 Å². The zero-order valence-corrected chi connectivity index (χ0v) is 29.0. The van der Waals surface area contributed by atoms with E-state index in [1.54, 1.807) is 28.5 Å². The Morgan fingerprint density at radius 1 is 1.04 bits per heavy atom. The lowest BCUT2D eigenvalue weighted by atomic mass is 10.0. The summed E-state index contributed by atoms with van der Waals surface area (Å²) < 4.78 is 16.2. The van der Waals surface area contributed by atoms with Gasteiger partial charge in [0.2, 0.25) is 5.91 Å². The average Bonchev–Trinajstić information content (AvgIpc) is 3.88. The summed E-state index contributed by atoms with van der Waals surface area (Å²) >= 11 is 1.65. The standard InChI is InChI=1S/C38H37N7O5S/c1-24-41-42-34-23-49-22-30-28(18-25-8-3-2-4-9-25)33(51-38(30)45(24)34)14-12-26-19-39-43(20-26)16-5-6-17-50-32-11-7-10-27-29(32)21-44(37(27)48)31-13-15-35(46)40-36(31)47/h2-4,7-11,19-20,31,35,46H,5-6,13,15-18,21-23H2,1H3,(H,40,47). The van der Waals surface area contributed by atoms with Crippen molar-refractivity contribution in [2.24, 2.45) is 0 Å². The maximum Gasteiger partial charge on any atom is 0.255 e. The van der Waals surface area contributed by atoms with Crippen LogP contribution < -0.4 is 10.1 Å². The number of unbranched alkanes of at least 4 members (excludes halogenated alkanes) is 1.